The lowest BCUT2D eigenvalue weighted by molar-refractivity contribution is 0.597. The molecule has 0 amide bonds. The molecule has 0 bridgehead atoms. The Hall–Kier alpha value is -1.23. The molecule has 22 heavy (non-hydrogen) atoms. The molecule has 2 rings (SSSR count). The van der Waals surface area contributed by atoms with Crippen LogP contribution < -0.4 is 15.8 Å². The minimum absolute atomic E-state index is 0.0934. The Balaban J connectivity index is 1.89. The van der Waals surface area contributed by atoms with Gasteiger partial charge in [-0.15, -0.1) is 0 Å². The lowest BCUT2D eigenvalue weighted by Gasteiger charge is -2.11. The van der Waals surface area contributed by atoms with Gasteiger partial charge in [0.2, 0.25) is 10.0 Å². The first-order valence-electron chi connectivity index (χ1n) is 6.27. The van der Waals surface area contributed by atoms with Crippen molar-refractivity contribution in [2.24, 2.45) is 5.14 Å². The van der Waals surface area contributed by atoms with Crippen LogP contribution in [-0.2, 0) is 16.6 Å². The van der Waals surface area contributed by atoms with Gasteiger partial charge in [-0.1, -0.05) is 12.1 Å². The molecule has 8 heteroatoms. The van der Waals surface area contributed by atoms with E-state index in [0.29, 0.717) is 11.7 Å². The van der Waals surface area contributed by atoms with E-state index < -0.39 is 10.0 Å². The summed E-state index contributed by atoms with van der Waals surface area (Å²) >= 11 is 7.45. The molecule has 0 saturated carbocycles. The molecule has 116 valence electrons. The summed E-state index contributed by atoms with van der Waals surface area (Å²) in [6.45, 7) is 0.487. The average molecular weight is 447 g/mol. The van der Waals surface area contributed by atoms with Gasteiger partial charge in [-0.2, -0.15) is 0 Å². The Morgan fingerprint density at radius 3 is 2.23 bits per heavy atom. The largest absolute Gasteiger partial charge is 0.358 e. The van der Waals surface area contributed by atoms with Gasteiger partial charge < -0.3 is 10.6 Å². The molecule has 5 nitrogen and oxygen atoms in total. The third kappa shape index (κ3) is 5.20. The van der Waals surface area contributed by atoms with Gasteiger partial charge in [0.25, 0.3) is 0 Å². The van der Waals surface area contributed by atoms with Gasteiger partial charge in [-0.05, 0) is 76.8 Å². The molecular weight excluding hydrogens is 433 g/mol. The number of nitrogens with two attached hydrogens (primary N) is 1. The molecule has 0 saturated heterocycles. The first-order valence-corrected chi connectivity index (χ1v) is 9.30. The maximum absolute atomic E-state index is 11.2. The van der Waals surface area contributed by atoms with Gasteiger partial charge in [-0.3, -0.25) is 0 Å². The number of anilines is 1. The van der Waals surface area contributed by atoms with Crippen LogP contribution in [-0.4, -0.2) is 13.5 Å². The van der Waals surface area contributed by atoms with E-state index in [0.717, 1.165) is 14.8 Å². The van der Waals surface area contributed by atoms with E-state index in [1.54, 1.807) is 12.1 Å². The van der Waals surface area contributed by atoms with Crippen LogP contribution >= 0.6 is 34.8 Å². The first-order chi connectivity index (χ1) is 10.3. The van der Waals surface area contributed by atoms with E-state index >= 15 is 0 Å². The van der Waals surface area contributed by atoms with Gasteiger partial charge in [0.15, 0.2) is 5.11 Å². The zero-order valence-corrected chi connectivity index (χ0v) is 15.2. The fourth-order valence-electron chi connectivity index (χ4n) is 1.69. The maximum Gasteiger partial charge on any atom is 0.238 e. The van der Waals surface area contributed by atoms with Crippen LogP contribution in [0.1, 0.15) is 5.56 Å². The molecule has 0 aliphatic carbocycles. The minimum Gasteiger partial charge on any atom is -0.358 e. The molecule has 0 spiro atoms. The topological polar surface area (TPSA) is 84.2 Å². The number of halogens is 1. The molecule has 2 aromatic carbocycles. The molecule has 0 heterocycles. The number of hydrogen-bond acceptors (Lipinski definition) is 3. The predicted octanol–water partition coefficient (Wildman–Crippen LogP) is 2.43. The second-order valence-corrected chi connectivity index (χ2v) is 7.72. The zero-order chi connectivity index (χ0) is 16.2. The van der Waals surface area contributed by atoms with Crippen LogP contribution in [0.5, 0.6) is 0 Å². The molecule has 4 N–H and O–H groups in total. The van der Waals surface area contributed by atoms with Gasteiger partial charge in [0, 0.05) is 15.8 Å². The smallest absolute Gasteiger partial charge is 0.238 e. The summed E-state index contributed by atoms with van der Waals surface area (Å²) < 4.78 is 23.5. The lowest BCUT2D eigenvalue weighted by Crippen LogP contribution is -2.27. The van der Waals surface area contributed by atoms with E-state index in [1.807, 2.05) is 24.3 Å². The van der Waals surface area contributed by atoms with E-state index in [9.17, 15) is 8.42 Å². The summed E-state index contributed by atoms with van der Waals surface area (Å²) in [5.41, 5.74) is 1.81. The molecule has 2 aromatic rings. The van der Waals surface area contributed by atoms with Crippen LogP contribution in [0, 0.1) is 3.57 Å². The Kier molecular flexibility index (Phi) is 5.73. The normalized spacial score (nSPS) is 11.0. The number of rotatable bonds is 4. The summed E-state index contributed by atoms with van der Waals surface area (Å²) in [6.07, 6.45) is 0. The summed E-state index contributed by atoms with van der Waals surface area (Å²) in [7, 11) is -3.65. The van der Waals surface area contributed by atoms with Crippen molar-refractivity contribution in [3.63, 3.8) is 0 Å². The summed E-state index contributed by atoms with van der Waals surface area (Å²) in [6, 6.07) is 14.2. The maximum atomic E-state index is 11.2. The van der Waals surface area contributed by atoms with Crippen LogP contribution in [0.15, 0.2) is 53.4 Å². The number of primary sulfonamides is 1. The highest BCUT2D eigenvalue weighted by Gasteiger charge is 2.06. The van der Waals surface area contributed by atoms with Gasteiger partial charge in [0.1, 0.15) is 0 Å². The molecule has 0 radical (unpaired) electrons. The molecule has 0 aliphatic heterocycles. The molecule has 0 unspecified atom stereocenters. The second-order valence-electron chi connectivity index (χ2n) is 4.50. The highest BCUT2D eigenvalue weighted by Crippen LogP contribution is 2.11. The van der Waals surface area contributed by atoms with Crippen molar-refractivity contribution in [1.29, 1.82) is 0 Å². The number of nitrogens with one attached hydrogen (secondary N) is 2. The van der Waals surface area contributed by atoms with Crippen molar-refractivity contribution in [1.82, 2.24) is 5.32 Å². The van der Waals surface area contributed by atoms with Crippen LogP contribution in [0.2, 0.25) is 0 Å². The second kappa shape index (κ2) is 7.36. The summed E-state index contributed by atoms with van der Waals surface area (Å²) in [5, 5.41) is 11.7. The number of thiocarbonyl (C=S) groups is 1. The van der Waals surface area contributed by atoms with Crippen LogP contribution in [0.25, 0.3) is 0 Å². The van der Waals surface area contributed by atoms with Crippen LogP contribution in [0.3, 0.4) is 0 Å². The van der Waals surface area contributed by atoms with E-state index in [-0.39, 0.29) is 4.90 Å². The fourth-order valence-corrected chi connectivity index (χ4v) is 2.75. The third-order valence-corrected chi connectivity index (χ3v) is 4.70. The monoisotopic (exact) mass is 447 g/mol. The van der Waals surface area contributed by atoms with E-state index in [2.05, 4.69) is 33.2 Å². The lowest BCUT2D eigenvalue weighted by atomic mass is 10.2. The Bertz CT molecular complexity index is 760. The molecule has 0 atom stereocenters. The molecule has 0 aliphatic rings. The number of benzene rings is 2. The van der Waals surface area contributed by atoms with Crippen molar-refractivity contribution >= 4 is 55.6 Å². The van der Waals surface area contributed by atoms with Crippen molar-refractivity contribution < 1.29 is 8.42 Å². The third-order valence-electron chi connectivity index (χ3n) is 2.81. The SMILES string of the molecule is NS(=O)(=O)c1ccc(CNC(=S)Nc2ccc(I)cc2)cc1. The van der Waals surface area contributed by atoms with Gasteiger partial charge >= 0.3 is 0 Å². The van der Waals surface area contributed by atoms with E-state index in [1.165, 1.54) is 12.1 Å². The molecular formula is C14H14IN3O2S2. The highest BCUT2D eigenvalue weighted by atomic mass is 127. The minimum atomic E-state index is -3.65. The van der Waals surface area contributed by atoms with Crippen molar-refractivity contribution in [3.8, 4) is 0 Å². The standard InChI is InChI=1S/C14H14IN3O2S2/c15-11-3-5-12(6-4-11)18-14(21)17-9-10-1-7-13(8-2-10)22(16,19)20/h1-8H,9H2,(H2,16,19,20)(H2,17,18,21). The zero-order valence-electron chi connectivity index (χ0n) is 11.4. The Labute approximate surface area is 148 Å². The highest BCUT2D eigenvalue weighted by molar-refractivity contribution is 14.1. The van der Waals surface area contributed by atoms with Crippen LogP contribution in [0.4, 0.5) is 5.69 Å². The molecule has 0 aromatic heterocycles. The van der Waals surface area contributed by atoms with Crippen molar-refractivity contribution in [2.75, 3.05) is 5.32 Å². The first kappa shape index (κ1) is 17.1. The Morgan fingerprint density at radius 1 is 1.09 bits per heavy atom. The van der Waals surface area contributed by atoms with Gasteiger partial charge in [-0.25, -0.2) is 13.6 Å². The summed E-state index contributed by atoms with van der Waals surface area (Å²) in [4.78, 5) is 0.0934. The number of hydrogen-bond donors (Lipinski definition) is 3. The van der Waals surface area contributed by atoms with Crippen molar-refractivity contribution in [3.05, 3.63) is 57.7 Å². The summed E-state index contributed by atoms with van der Waals surface area (Å²) in [5.74, 6) is 0. The quantitative estimate of drug-likeness (QED) is 0.496. The number of sulfonamides is 1. The fraction of sp³-hybridized carbons (Fsp3) is 0.0714. The van der Waals surface area contributed by atoms with Crippen molar-refractivity contribution in [2.45, 2.75) is 11.4 Å². The molecule has 0 fully saturated rings. The van der Waals surface area contributed by atoms with Gasteiger partial charge in [0.05, 0.1) is 4.90 Å². The van der Waals surface area contributed by atoms with E-state index in [4.69, 9.17) is 17.4 Å². The predicted molar refractivity (Wildman–Crippen MR) is 100 cm³/mol. The Morgan fingerprint density at radius 2 is 1.68 bits per heavy atom. The average Bonchev–Trinajstić information content (AvgIpc) is 2.47.